The number of pyridine rings is 1. The summed E-state index contributed by atoms with van der Waals surface area (Å²) in [4.78, 5) is 27.8. The quantitative estimate of drug-likeness (QED) is 0.471. The molecule has 0 bridgehead atoms. The van der Waals surface area contributed by atoms with Gasteiger partial charge in [-0.1, -0.05) is 40.2 Å². The third-order valence-electron chi connectivity index (χ3n) is 4.71. The van der Waals surface area contributed by atoms with Gasteiger partial charge in [0, 0.05) is 24.0 Å². The number of para-hydroxylation sites is 2. The summed E-state index contributed by atoms with van der Waals surface area (Å²) >= 11 is 13.7. The number of hydrogen-bond acceptors (Lipinski definition) is 7. The molecule has 3 aromatic rings. The number of aromatic nitrogens is 1. The van der Waals surface area contributed by atoms with Gasteiger partial charge in [-0.2, -0.15) is 0 Å². The molecular weight excluding hydrogens is 475 g/mol. The fourth-order valence-electron chi connectivity index (χ4n) is 3.13. The second kappa shape index (κ2) is 9.74. The highest BCUT2D eigenvalue weighted by molar-refractivity contribution is 7.99. The molecule has 1 aliphatic heterocycles. The molecule has 166 valence electrons. The number of benzene rings is 2. The third kappa shape index (κ3) is 4.37. The van der Waals surface area contributed by atoms with E-state index in [4.69, 9.17) is 37.5 Å². The molecule has 4 rings (SSSR count). The lowest BCUT2D eigenvalue weighted by molar-refractivity contribution is 0.250. The number of nitrogens with one attached hydrogen (secondary N) is 1. The Hall–Kier alpha value is -2.85. The van der Waals surface area contributed by atoms with Gasteiger partial charge in [0.15, 0.2) is 17.2 Å². The predicted molar refractivity (Wildman–Crippen MR) is 126 cm³/mol. The Morgan fingerprint density at radius 2 is 1.78 bits per heavy atom. The molecule has 0 saturated heterocycles. The Labute approximate surface area is 199 Å². The number of hydrogen-bond donors (Lipinski definition) is 1. The monoisotopic (exact) mass is 492 g/mol. The van der Waals surface area contributed by atoms with Gasteiger partial charge in [-0.3, -0.25) is 9.88 Å². The van der Waals surface area contributed by atoms with Crippen molar-refractivity contribution in [3.05, 3.63) is 70.5 Å². The number of rotatable bonds is 5. The van der Waals surface area contributed by atoms with Crippen LogP contribution in [-0.2, 0) is 6.54 Å². The van der Waals surface area contributed by atoms with Crippen molar-refractivity contribution in [1.82, 2.24) is 9.87 Å². The number of urea groups is 1. The van der Waals surface area contributed by atoms with E-state index in [9.17, 15) is 4.79 Å². The van der Waals surface area contributed by atoms with Crippen LogP contribution < -0.4 is 28.4 Å². The first-order valence-electron chi connectivity index (χ1n) is 9.33. The molecule has 1 N–H and O–H groups in total. The normalized spacial score (nSPS) is 13.7. The van der Waals surface area contributed by atoms with Crippen LogP contribution in [0, 0.1) is 0 Å². The minimum absolute atomic E-state index is 0.101. The number of methoxy groups -OCH3 is 2. The third-order valence-corrected chi connectivity index (χ3v) is 6.07. The Kier molecular flexibility index (Phi) is 6.80. The number of carbonyl (C=O) groups is 1. The average molecular weight is 493 g/mol. The van der Waals surface area contributed by atoms with Crippen LogP contribution in [0.2, 0.25) is 10.0 Å². The van der Waals surface area contributed by atoms with E-state index in [0.717, 1.165) is 12.1 Å². The van der Waals surface area contributed by atoms with Crippen molar-refractivity contribution in [3.63, 3.8) is 0 Å². The van der Waals surface area contributed by atoms with E-state index in [2.05, 4.69) is 9.87 Å². The molecule has 1 aliphatic rings. The van der Waals surface area contributed by atoms with Gasteiger partial charge in [0.1, 0.15) is 0 Å². The zero-order valence-corrected chi connectivity index (χ0v) is 19.4. The maximum absolute atomic E-state index is 13.8. The second-order valence-corrected chi connectivity index (χ2v) is 8.06. The Balaban J connectivity index is 1.79. The summed E-state index contributed by atoms with van der Waals surface area (Å²) in [6.45, 7) is 0.101. The SMILES string of the molecule is COc1ccc(N2SNOc3ccccc3N(Cc3c(Cl)cncc3Cl)C2=O)cc1OC. The fraction of sp³-hybridized carbons (Fsp3) is 0.143. The summed E-state index contributed by atoms with van der Waals surface area (Å²) in [7, 11) is 3.07. The van der Waals surface area contributed by atoms with Gasteiger partial charge in [-0.15, -0.1) is 0 Å². The minimum atomic E-state index is -0.352. The highest BCUT2D eigenvalue weighted by Crippen LogP contribution is 2.38. The van der Waals surface area contributed by atoms with Gasteiger partial charge in [0.25, 0.3) is 0 Å². The van der Waals surface area contributed by atoms with E-state index in [1.165, 1.54) is 28.7 Å². The zero-order chi connectivity index (χ0) is 22.7. The smallest absolute Gasteiger partial charge is 0.340 e. The first-order chi connectivity index (χ1) is 15.5. The molecule has 0 spiro atoms. The van der Waals surface area contributed by atoms with Crippen molar-refractivity contribution >= 4 is 52.7 Å². The van der Waals surface area contributed by atoms with E-state index < -0.39 is 0 Å². The van der Waals surface area contributed by atoms with Crippen molar-refractivity contribution in [1.29, 1.82) is 0 Å². The maximum atomic E-state index is 13.8. The van der Waals surface area contributed by atoms with Crippen LogP contribution in [0.4, 0.5) is 16.2 Å². The van der Waals surface area contributed by atoms with Crippen molar-refractivity contribution in [2.45, 2.75) is 6.54 Å². The summed E-state index contributed by atoms with van der Waals surface area (Å²) in [5.41, 5.74) is 1.65. The lowest BCUT2D eigenvalue weighted by atomic mass is 10.2. The lowest BCUT2D eigenvalue weighted by Gasteiger charge is -2.33. The molecule has 0 atom stereocenters. The molecule has 11 heteroatoms. The van der Waals surface area contributed by atoms with E-state index in [1.54, 1.807) is 37.4 Å². The van der Waals surface area contributed by atoms with E-state index in [1.807, 2.05) is 12.1 Å². The molecular formula is C21H18Cl2N4O4S. The lowest BCUT2D eigenvalue weighted by Crippen LogP contribution is -2.43. The highest BCUT2D eigenvalue weighted by Gasteiger charge is 2.31. The van der Waals surface area contributed by atoms with Gasteiger partial charge in [-0.05, 0) is 24.3 Å². The number of fused-ring (bicyclic) bond motifs is 1. The Morgan fingerprint density at radius 3 is 2.50 bits per heavy atom. The average Bonchev–Trinajstić information content (AvgIpc) is 2.80. The van der Waals surface area contributed by atoms with Crippen LogP contribution in [0.3, 0.4) is 0 Å². The molecule has 2 heterocycles. The minimum Gasteiger partial charge on any atom is -0.493 e. The maximum Gasteiger partial charge on any atom is 0.340 e. The van der Waals surface area contributed by atoms with Crippen molar-refractivity contribution < 1.29 is 19.1 Å². The topological polar surface area (TPSA) is 76.2 Å². The van der Waals surface area contributed by atoms with Gasteiger partial charge < -0.3 is 14.3 Å². The van der Waals surface area contributed by atoms with Gasteiger partial charge in [0.2, 0.25) is 0 Å². The van der Waals surface area contributed by atoms with E-state index in [0.29, 0.717) is 44.2 Å². The van der Waals surface area contributed by atoms with Gasteiger partial charge in [-0.25, -0.2) is 9.10 Å². The molecule has 2 amide bonds. The summed E-state index contributed by atoms with van der Waals surface area (Å²) in [6.07, 6.45) is 2.98. The summed E-state index contributed by atoms with van der Waals surface area (Å²) < 4.78 is 12.1. The van der Waals surface area contributed by atoms with Crippen LogP contribution in [0.15, 0.2) is 54.9 Å². The number of nitrogens with zero attached hydrogens (tertiary/aromatic N) is 3. The van der Waals surface area contributed by atoms with E-state index >= 15 is 0 Å². The predicted octanol–water partition coefficient (Wildman–Crippen LogP) is 5.50. The Morgan fingerprint density at radius 1 is 1.06 bits per heavy atom. The zero-order valence-electron chi connectivity index (χ0n) is 17.0. The first-order valence-corrected chi connectivity index (χ1v) is 10.9. The fourth-order valence-corrected chi connectivity index (χ4v) is 4.21. The van der Waals surface area contributed by atoms with Crippen LogP contribution >= 0.6 is 35.3 Å². The first kappa shape index (κ1) is 22.3. The summed E-state index contributed by atoms with van der Waals surface area (Å²) in [6, 6.07) is 12.0. The molecule has 8 nitrogen and oxygen atoms in total. The van der Waals surface area contributed by atoms with Crippen molar-refractivity contribution in [2.24, 2.45) is 0 Å². The summed E-state index contributed by atoms with van der Waals surface area (Å²) in [5, 5.41) is 0.711. The summed E-state index contributed by atoms with van der Waals surface area (Å²) in [5.74, 6) is 1.50. The van der Waals surface area contributed by atoms with Crippen molar-refractivity contribution in [3.8, 4) is 17.2 Å². The number of halogens is 2. The molecule has 0 radical (unpaired) electrons. The van der Waals surface area contributed by atoms with Crippen LogP contribution in [0.5, 0.6) is 17.2 Å². The number of carbonyl (C=O) groups excluding carboxylic acids is 1. The Bertz CT molecular complexity index is 1130. The molecule has 0 aliphatic carbocycles. The van der Waals surface area contributed by atoms with Gasteiger partial charge in [0.05, 0.1) is 54.3 Å². The second-order valence-electron chi connectivity index (χ2n) is 6.53. The molecule has 0 fully saturated rings. The van der Waals surface area contributed by atoms with Crippen LogP contribution in [-0.4, -0.2) is 25.2 Å². The molecule has 1 aromatic heterocycles. The van der Waals surface area contributed by atoms with Crippen LogP contribution in [0.25, 0.3) is 0 Å². The standard InChI is InChI=1S/C21H18Cl2N4O4S/c1-29-19-8-7-13(9-20(19)30-2)27-21(28)26(12-14-15(22)10-24-11-16(14)23)17-5-3-4-6-18(17)31-25-32-27/h3-11,25H,12H2,1-2H3. The molecule has 2 aromatic carbocycles. The number of amides is 2. The number of ether oxygens (including phenoxy) is 2. The number of anilines is 2. The van der Waals surface area contributed by atoms with E-state index in [-0.39, 0.29) is 12.6 Å². The molecule has 32 heavy (non-hydrogen) atoms. The highest BCUT2D eigenvalue weighted by atomic mass is 35.5. The largest absolute Gasteiger partial charge is 0.493 e. The van der Waals surface area contributed by atoms with Crippen LogP contribution in [0.1, 0.15) is 5.56 Å². The van der Waals surface area contributed by atoms with Gasteiger partial charge >= 0.3 is 6.03 Å². The molecule has 0 saturated carbocycles. The molecule has 0 unspecified atom stereocenters. The van der Waals surface area contributed by atoms with Crippen molar-refractivity contribution in [2.75, 3.05) is 23.4 Å².